The van der Waals surface area contributed by atoms with Crippen LogP contribution in [0.2, 0.25) is 0 Å². The summed E-state index contributed by atoms with van der Waals surface area (Å²) in [6, 6.07) is 0. The number of fused-ring (bicyclic) bond motifs is 1. The third-order valence-electron chi connectivity index (χ3n) is 5.04. The molecule has 3 heterocycles. The number of hydrogen-bond donors (Lipinski definition) is 1. The molecular formula is C16H28N2O3. The molecule has 21 heavy (non-hydrogen) atoms. The molecule has 0 aromatic carbocycles. The zero-order valence-corrected chi connectivity index (χ0v) is 13.5. The van der Waals surface area contributed by atoms with Crippen LogP contribution in [0.1, 0.15) is 40.0 Å². The highest BCUT2D eigenvalue weighted by atomic mass is 16.6. The summed E-state index contributed by atoms with van der Waals surface area (Å²) in [6.45, 7) is 10.3. The van der Waals surface area contributed by atoms with E-state index in [4.69, 9.17) is 9.47 Å². The van der Waals surface area contributed by atoms with Crippen molar-refractivity contribution in [2.45, 2.75) is 51.2 Å². The van der Waals surface area contributed by atoms with Crippen LogP contribution in [0.4, 0.5) is 4.79 Å². The van der Waals surface area contributed by atoms with Gasteiger partial charge in [0.25, 0.3) is 0 Å². The van der Waals surface area contributed by atoms with Crippen molar-refractivity contribution in [1.29, 1.82) is 0 Å². The fraction of sp³-hybridized carbons (Fsp3) is 0.938. The molecule has 0 aromatic rings. The second kappa shape index (κ2) is 5.43. The predicted molar refractivity (Wildman–Crippen MR) is 80.2 cm³/mol. The molecule has 3 aliphatic rings. The first-order valence-corrected chi connectivity index (χ1v) is 8.20. The van der Waals surface area contributed by atoms with Crippen molar-refractivity contribution in [3.63, 3.8) is 0 Å². The molecule has 5 nitrogen and oxygen atoms in total. The van der Waals surface area contributed by atoms with Gasteiger partial charge < -0.3 is 19.7 Å². The summed E-state index contributed by atoms with van der Waals surface area (Å²) in [5.74, 6) is 1.45. The van der Waals surface area contributed by atoms with Crippen molar-refractivity contribution in [2.75, 3.05) is 32.8 Å². The Morgan fingerprint density at radius 2 is 1.90 bits per heavy atom. The number of amides is 1. The number of rotatable bonds is 0. The summed E-state index contributed by atoms with van der Waals surface area (Å²) in [6.07, 6.45) is 2.84. The first-order chi connectivity index (χ1) is 9.87. The van der Waals surface area contributed by atoms with Gasteiger partial charge in [-0.15, -0.1) is 0 Å². The molecule has 3 saturated heterocycles. The topological polar surface area (TPSA) is 50.8 Å². The van der Waals surface area contributed by atoms with Crippen LogP contribution in [0.3, 0.4) is 0 Å². The van der Waals surface area contributed by atoms with Gasteiger partial charge in [-0.3, -0.25) is 0 Å². The molecule has 1 N–H and O–H groups in total. The second-order valence-electron chi connectivity index (χ2n) is 7.84. The first-order valence-electron chi connectivity index (χ1n) is 8.20. The van der Waals surface area contributed by atoms with Crippen molar-refractivity contribution in [2.24, 2.45) is 11.8 Å². The lowest BCUT2D eigenvalue weighted by atomic mass is 9.77. The molecule has 1 spiro atoms. The van der Waals surface area contributed by atoms with Crippen LogP contribution in [0.15, 0.2) is 0 Å². The maximum Gasteiger partial charge on any atom is 0.410 e. The van der Waals surface area contributed by atoms with E-state index in [2.05, 4.69) is 5.32 Å². The molecule has 0 aromatic heterocycles. The number of nitrogens with zero attached hydrogens (tertiary/aromatic N) is 1. The van der Waals surface area contributed by atoms with Crippen LogP contribution in [0.5, 0.6) is 0 Å². The maximum atomic E-state index is 12.1. The molecule has 2 atom stereocenters. The Labute approximate surface area is 127 Å². The molecule has 3 fully saturated rings. The van der Waals surface area contributed by atoms with Crippen molar-refractivity contribution >= 4 is 6.09 Å². The summed E-state index contributed by atoms with van der Waals surface area (Å²) in [5.41, 5.74) is -0.415. The Morgan fingerprint density at radius 3 is 2.57 bits per heavy atom. The average molecular weight is 296 g/mol. The third-order valence-corrected chi connectivity index (χ3v) is 5.04. The Kier molecular flexibility index (Phi) is 3.91. The van der Waals surface area contributed by atoms with Gasteiger partial charge >= 0.3 is 6.09 Å². The summed E-state index contributed by atoms with van der Waals surface area (Å²) in [7, 11) is 0. The highest BCUT2D eigenvalue weighted by Crippen LogP contribution is 2.41. The molecule has 120 valence electrons. The Bertz CT molecular complexity index is 397. The summed E-state index contributed by atoms with van der Waals surface area (Å²) in [4.78, 5) is 14.0. The fourth-order valence-electron chi connectivity index (χ4n) is 3.81. The van der Waals surface area contributed by atoms with Gasteiger partial charge in [-0.1, -0.05) is 0 Å². The number of likely N-dealkylation sites (tertiary alicyclic amines) is 1. The molecule has 0 unspecified atom stereocenters. The van der Waals surface area contributed by atoms with Crippen molar-refractivity contribution in [1.82, 2.24) is 10.2 Å². The van der Waals surface area contributed by atoms with Gasteiger partial charge in [0.1, 0.15) is 5.60 Å². The lowest BCUT2D eigenvalue weighted by molar-refractivity contribution is -0.139. The van der Waals surface area contributed by atoms with Crippen LogP contribution in [0, 0.1) is 11.8 Å². The number of hydrogen-bond acceptors (Lipinski definition) is 4. The van der Waals surface area contributed by atoms with Gasteiger partial charge in [-0.2, -0.15) is 0 Å². The smallest absolute Gasteiger partial charge is 0.410 e. The molecule has 0 radical (unpaired) electrons. The zero-order valence-electron chi connectivity index (χ0n) is 13.5. The van der Waals surface area contributed by atoms with Crippen LogP contribution >= 0.6 is 0 Å². The van der Waals surface area contributed by atoms with Crippen LogP contribution in [-0.4, -0.2) is 55.0 Å². The largest absolute Gasteiger partial charge is 0.444 e. The van der Waals surface area contributed by atoms with E-state index in [0.29, 0.717) is 5.92 Å². The van der Waals surface area contributed by atoms with Gasteiger partial charge in [0.15, 0.2) is 0 Å². The Hall–Kier alpha value is -0.810. The van der Waals surface area contributed by atoms with E-state index in [1.54, 1.807) is 0 Å². The fourth-order valence-corrected chi connectivity index (χ4v) is 3.81. The van der Waals surface area contributed by atoms with Crippen molar-refractivity contribution in [3.8, 4) is 0 Å². The van der Waals surface area contributed by atoms with E-state index >= 15 is 0 Å². The van der Waals surface area contributed by atoms with Crippen LogP contribution in [0.25, 0.3) is 0 Å². The van der Waals surface area contributed by atoms with Crippen LogP contribution in [-0.2, 0) is 9.47 Å². The quantitative estimate of drug-likeness (QED) is 0.743. The predicted octanol–water partition coefficient (Wildman–Crippen LogP) is 2.01. The SMILES string of the molecule is CC(C)(C)OC(=O)N1CCC2(CC1)C[C@H]1CNC[C@H]1CO2. The highest BCUT2D eigenvalue weighted by molar-refractivity contribution is 5.68. The van der Waals surface area contributed by atoms with Gasteiger partial charge in [0, 0.05) is 19.6 Å². The molecule has 0 bridgehead atoms. The summed E-state index contributed by atoms with van der Waals surface area (Å²) in [5, 5.41) is 3.47. The summed E-state index contributed by atoms with van der Waals surface area (Å²) < 4.78 is 11.7. The van der Waals surface area contributed by atoms with Crippen LogP contribution < -0.4 is 5.32 Å². The first kappa shape index (κ1) is 15.1. The van der Waals surface area contributed by atoms with Gasteiger partial charge in [-0.25, -0.2) is 4.79 Å². The number of piperidine rings is 1. The monoisotopic (exact) mass is 296 g/mol. The second-order valence-corrected chi connectivity index (χ2v) is 7.84. The van der Waals surface area contributed by atoms with Gasteiger partial charge in [-0.05, 0) is 58.4 Å². The summed E-state index contributed by atoms with van der Waals surface area (Å²) >= 11 is 0. The van der Waals surface area contributed by atoms with Gasteiger partial charge in [0.2, 0.25) is 0 Å². The van der Waals surface area contributed by atoms with E-state index in [-0.39, 0.29) is 11.7 Å². The van der Waals surface area contributed by atoms with E-state index in [0.717, 1.165) is 58.0 Å². The number of nitrogens with one attached hydrogen (secondary N) is 1. The standard InChI is InChI=1S/C16H28N2O3/c1-15(2,3)21-14(19)18-6-4-16(5-7-18)8-12-9-17-10-13(12)11-20-16/h12-13,17H,4-11H2,1-3H3/t12-,13-/m0/s1. The molecule has 3 rings (SSSR count). The molecule has 1 amide bonds. The minimum Gasteiger partial charge on any atom is -0.444 e. The highest BCUT2D eigenvalue weighted by Gasteiger charge is 2.46. The average Bonchev–Trinajstić information content (AvgIpc) is 2.84. The molecule has 3 aliphatic heterocycles. The third kappa shape index (κ3) is 3.34. The normalized spacial score (nSPS) is 32.0. The lowest BCUT2D eigenvalue weighted by Crippen LogP contribution is -2.53. The lowest BCUT2D eigenvalue weighted by Gasteiger charge is -2.47. The van der Waals surface area contributed by atoms with Crippen molar-refractivity contribution < 1.29 is 14.3 Å². The van der Waals surface area contributed by atoms with E-state index in [9.17, 15) is 4.79 Å². The molecule has 0 aliphatic carbocycles. The minimum atomic E-state index is -0.420. The number of carbonyl (C=O) groups excluding carboxylic acids is 1. The zero-order chi connectivity index (χ0) is 15.1. The Morgan fingerprint density at radius 1 is 1.24 bits per heavy atom. The Balaban J connectivity index is 1.54. The minimum absolute atomic E-state index is 0.00565. The number of ether oxygens (including phenoxy) is 2. The molecule has 5 heteroatoms. The van der Waals surface area contributed by atoms with Gasteiger partial charge in [0.05, 0.1) is 12.2 Å². The maximum absolute atomic E-state index is 12.1. The van der Waals surface area contributed by atoms with E-state index in [1.807, 2.05) is 25.7 Å². The molecular weight excluding hydrogens is 268 g/mol. The number of carbonyl (C=O) groups is 1. The van der Waals surface area contributed by atoms with E-state index in [1.165, 1.54) is 0 Å². The van der Waals surface area contributed by atoms with E-state index < -0.39 is 5.60 Å². The molecule has 0 saturated carbocycles. The van der Waals surface area contributed by atoms with Crippen molar-refractivity contribution in [3.05, 3.63) is 0 Å².